The summed E-state index contributed by atoms with van der Waals surface area (Å²) in [5, 5.41) is 3.95. The molecule has 0 aliphatic rings. The van der Waals surface area contributed by atoms with Crippen molar-refractivity contribution >= 4 is 42.3 Å². The van der Waals surface area contributed by atoms with Crippen molar-refractivity contribution in [3.63, 3.8) is 0 Å². The third-order valence-electron chi connectivity index (χ3n) is 5.35. The summed E-state index contributed by atoms with van der Waals surface area (Å²) < 4.78 is 31.6. The topological polar surface area (TPSA) is 77.8 Å². The predicted octanol–water partition coefficient (Wildman–Crippen LogP) is 4.36. The van der Waals surface area contributed by atoms with Gasteiger partial charge < -0.3 is 0 Å². The van der Waals surface area contributed by atoms with Gasteiger partial charge in [-0.2, -0.15) is 0 Å². The van der Waals surface area contributed by atoms with E-state index in [4.69, 9.17) is 13.9 Å². The van der Waals surface area contributed by atoms with Crippen molar-refractivity contribution in [3.8, 4) is 17.1 Å². The molecule has 1 amide bonds. The third kappa shape index (κ3) is 5.73. The number of benzene rings is 3. The van der Waals surface area contributed by atoms with Crippen LogP contribution in [0.1, 0.15) is 16.8 Å². The Morgan fingerprint density at radius 1 is 1.06 bits per heavy atom. The summed E-state index contributed by atoms with van der Waals surface area (Å²) >= 11 is 0.196. The number of furan rings is 1. The van der Waals surface area contributed by atoms with Gasteiger partial charge >= 0.3 is 198 Å². The molecule has 0 spiro atoms. The van der Waals surface area contributed by atoms with Gasteiger partial charge in [0.15, 0.2) is 0 Å². The van der Waals surface area contributed by atoms with E-state index >= 15 is 0 Å². The molecule has 1 aromatic heterocycles. The van der Waals surface area contributed by atoms with Crippen LogP contribution in [-0.4, -0.2) is 47.1 Å². The number of methoxy groups -OCH3 is 1. The van der Waals surface area contributed by atoms with Gasteiger partial charge in [0.2, 0.25) is 0 Å². The van der Waals surface area contributed by atoms with Crippen LogP contribution in [-0.2, 0) is 9.53 Å². The summed E-state index contributed by atoms with van der Waals surface area (Å²) in [7, 11) is 2.86. The fourth-order valence-electron chi connectivity index (χ4n) is 3.63. The maximum atomic E-state index is 13.4. The molecule has 0 bridgehead atoms. The average molecular weight is 540 g/mol. The van der Waals surface area contributed by atoms with Crippen LogP contribution in [0.4, 0.5) is 4.39 Å². The SMILES string of the molecule is CNC(=O)c1c(-c2ccc(F)cc2)oc2ccc(OC(CC[Se]c3ccccc3)C(=O)OC)cc12. The van der Waals surface area contributed by atoms with Gasteiger partial charge in [-0.15, -0.1) is 0 Å². The molecule has 0 aliphatic heterocycles. The Bertz CT molecular complexity index is 1320. The first-order valence-corrected chi connectivity index (χ1v) is 13.0. The van der Waals surface area contributed by atoms with E-state index in [0.29, 0.717) is 40.0 Å². The third-order valence-corrected chi connectivity index (χ3v) is 7.55. The quantitative estimate of drug-likeness (QED) is 0.252. The Kier molecular flexibility index (Phi) is 7.85. The number of hydrogen-bond donors (Lipinski definition) is 1. The minimum absolute atomic E-state index is 0.196. The van der Waals surface area contributed by atoms with Crippen molar-refractivity contribution in [1.29, 1.82) is 0 Å². The van der Waals surface area contributed by atoms with E-state index in [0.717, 1.165) is 5.32 Å². The van der Waals surface area contributed by atoms with Crippen molar-refractivity contribution in [2.75, 3.05) is 14.2 Å². The fourth-order valence-corrected chi connectivity index (χ4v) is 5.55. The van der Waals surface area contributed by atoms with Gasteiger partial charge in [0, 0.05) is 0 Å². The summed E-state index contributed by atoms with van der Waals surface area (Å²) in [6.07, 6.45) is -0.288. The van der Waals surface area contributed by atoms with Crippen molar-refractivity contribution < 1.29 is 27.9 Å². The number of rotatable bonds is 9. The number of halogens is 1. The Balaban J connectivity index is 1.61. The van der Waals surface area contributed by atoms with E-state index in [-0.39, 0.29) is 26.7 Å². The molecule has 8 heteroatoms. The van der Waals surface area contributed by atoms with E-state index in [9.17, 15) is 14.0 Å². The number of carbonyl (C=O) groups is 2. The van der Waals surface area contributed by atoms with Crippen molar-refractivity contribution in [2.24, 2.45) is 0 Å². The molecule has 1 N–H and O–H groups in total. The Labute approximate surface area is 208 Å². The molecule has 1 unspecified atom stereocenters. The monoisotopic (exact) mass is 541 g/mol. The molecule has 4 aromatic rings. The fraction of sp³-hybridized carbons (Fsp3) is 0.185. The van der Waals surface area contributed by atoms with E-state index in [2.05, 4.69) is 17.4 Å². The molecule has 6 nitrogen and oxygen atoms in total. The molecule has 1 atom stereocenters. The molecule has 0 radical (unpaired) electrons. The first kappa shape index (κ1) is 24.5. The van der Waals surface area contributed by atoms with Gasteiger partial charge in [0.25, 0.3) is 0 Å². The Hall–Kier alpha value is -3.61. The molecular weight excluding hydrogens is 516 g/mol. The van der Waals surface area contributed by atoms with Crippen LogP contribution >= 0.6 is 0 Å². The zero-order valence-electron chi connectivity index (χ0n) is 19.2. The second-order valence-corrected chi connectivity index (χ2v) is 10.1. The standard InChI is InChI=1S/C27H24FNO5Se/c1-29-26(30)24-21-16-19(12-13-22(21)34-25(24)17-8-10-18(28)11-9-17)33-23(27(31)32-2)14-15-35-20-6-4-3-5-7-20/h3-13,16,23H,14-15H2,1-2H3,(H,29,30). The summed E-state index contributed by atoms with van der Waals surface area (Å²) in [6.45, 7) is 0. The van der Waals surface area contributed by atoms with Crippen LogP contribution in [0, 0.1) is 5.82 Å². The normalized spacial score (nSPS) is 11.7. The molecule has 3 aromatic carbocycles. The van der Waals surface area contributed by atoms with Crippen LogP contribution in [0.2, 0.25) is 5.32 Å². The number of hydrogen-bond acceptors (Lipinski definition) is 5. The first-order chi connectivity index (χ1) is 17.0. The molecular formula is C27H24FNO5Se. The number of esters is 1. The van der Waals surface area contributed by atoms with Gasteiger partial charge in [0.05, 0.1) is 0 Å². The summed E-state index contributed by atoms with van der Waals surface area (Å²) in [4.78, 5) is 25.2. The second-order valence-electron chi connectivity index (χ2n) is 7.63. The molecule has 1 heterocycles. The van der Waals surface area contributed by atoms with E-state index in [1.807, 2.05) is 18.2 Å². The van der Waals surface area contributed by atoms with Gasteiger partial charge in [0.1, 0.15) is 5.82 Å². The number of nitrogens with one attached hydrogen (secondary N) is 1. The number of carbonyl (C=O) groups excluding carboxylic acids is 2. The zero-order valence-corrected chi connectivity index (χ0v) is 21.0. The van der Waals surface area contributed by atoms with Crippen molar-refractivity contribution in [3.05, 3.63) is 84.2 Å². The molecule has 0 aliphatic carbocycles. The molecule has 0 saturated carbocycles. The Morgan fingerprint density at radius 2 is 1.80 bits per heavy atom. The number of fused-ring (bicyclic) bond motifs is 1. The van der Waals surface area contributed by atoms with Gasteiger partial charge in [-0.25, -0.2) is 4.39 Å². The predicted molar refractivity (Wildman–Crippen MR) is 133 cm³/mol. The van der Waals surface area contributed by atoms with Crippen molar-refractivity contribution in [2.45, 2.75) is 17.8 Å². The summed E-state index contributed by atoms with van der Waals surface area (Å²) in [5.41, 5.74) is 1.35. The average Bonchev–Trinajstić information content (AvgIpc) is 3.27. The van der Waals surface area contributed by atoms with E-state index in [1.54, 1.807) is 30.3 Å². The Morgan fingerprint density at radius 3 is 2.49 bits per heavy atom. The molecule has 180 valence electrons. The first-order valence-electron chi connectivity index (χ1n) is 11.0. The minimum atomic E-state index is -0.782. The second kappa shape index (κ2) is 11.2. The van der Waals surface area contributed by atoms with Gasteiger partial charge in [-0.1, -0.05) is 0 Å². The van der Waals surface area contributed by atoms with E-state index in [1.165, 1.54) is 30.8 Å². The maximum absolute atomic E-state index is 13.4. The van der Waals surface area contributed by atoms with E-state index < -0.39 is 12.1 Å². The van der Waals surface area contributed by atoms with Crippen LogP contribution in [0.3, 0.4) is 0 Å². The van der Waals surface area contributed by atoms with Gasteiger partial charge in [-0.3, -0.25) is 0 Å². The zero-order chi connectivity index (χ0) is 24.8. The summed E-state index contributed by atoms with van der Waals surface area (Å²) in [6, 6.07) is 20.9. The number of amides is 1. The van der Waals surface area contributed by atoms with Crippen molar-refractivity contribution in [1.82, 2.24) is 5.32 Å². The van der Waals surface area contributed by atoms with Crippen LogP contribution in [0.5, 0.6) is 5.75 Å². The van der Waals surface area contributed by atoms with Crippen LogP contribution < -0.4 is 14.5 Å². The van der Waals surface area contributed by atoms with Gasteiger partial charge in [-0.05, 0) is 0 Å². The molecule has 4 rings (SSSR count). The molecule has 0 saturated heterocycles. The van der Waals surface area contributed by atoms with Crippen LogP contribution in [0.15, 0.2) is 77.2 Å². The molecule has 35 heavy (non-hydrogen) atoms. The number of ether oxygens (including phenoxy) is 2. The van der Waals surface area contributed by atoms with Crippen LogP contribution in [0.25, 0.3) is 22.3 Å². The molecule has 0 fully saturated rings. The summed E-state index contributed by atoms with van der Waals surface area (Å²) in [5.74, 6) is -0.456.